The Morgan fingerprint density at radius 1 is 1.15 bits per heavy atom. The van der Waals surface area contributed by atoms with Crippen LogP contribution in [0.3, 0.4) is 0 Å². The van der Waals surface area contributed by atoms with Crippen LogP contribution < -0.4 is 10.5 Å². The van der Waals surface area contributed by atoms with Gasteiger partial charge >= 0.3 is 0 Å². The molecule has 1 aliphatic carbocycles. The fraction of sp³-hybridized carbons (Fsp3) is 0.400. The first-order valence-corrected chi connectivity index (χ1v) is 13.8. The van der Waals surface area contributed by atoms with Crippen LogP contribution in [0.15, 0.2) is 59.0 Å². The van der Waals surface area contributed by atoms with Gasteiger partial charge in [0.25, 0.3) is 0 Å². The van der Waals surface area contributed by atoms with Gasteiger partial charge in [-0.05, 0) is 62.1 Å². The van der Waals surface area contributed by atoms with E-state index in [4.69, 9.17) is 28.9 Å². The molecule has 2 aromatic carbocycles. The fourth-order valence-corrected chi connectivity index (χ4v) is 6.60. The van der Waals surface area contributed by atoms with E-state index in [9.17, 15) is 13.2 Å². The molecule has 1 fully saturated rings. The standard InChI is InChI=1S/C25H29Cl2N3O3S/c26-21-14-20(15-22(27)24(21)28)34(32,33)29-23(11-10-17-6-2-1-3-7-17)25(31)30-13-12-18-8-4-5-9-19(18)16-30/h1-3,6-7,9,14-15,18,23,29H,4-5,8,10-13,16,28H2/t18?,23-/m1/s1. The minimum absolute atomic E-state index is 0.0475. The van der Waals surface area contributed by atoms with E-state index in [1.165, 1.54) is 24.1 Å². The van der Waals surface area contributed by atoms with Crippen LogP contribution in [-0.2, 0) is 21.2 Å². The van der Waals surface area contributed by atoms with E-state index < -0.39 is 16.1 Å². The van der Waals surface area contributed by atoms with E-state index >= 15 is 0 Å². The van der Waals surface area contributed by atoms with Crippen LogP contribution in [0, 0.1) is 5.92 Å². The van der Waals surface area contributed by atoms with Gasteiger partial charge in [0.2, 0.25) is 15.9 Å². The number of benzene rings is 2. The van der Waals surface area contributed by atoms with Crippen molar-refractivity contribution in [1.29, 1.82) is 0 Å². The lowest BCUT2D eigenvalue weighted by atomic mass is 9.82. The lowest BCUT2D eigenvalue weighted by Gasteiger charge is -2.38. The highest BCUT2D eigenvalue weighted by Gasteiger charge is 2.34. The smallest absolute Gasteiger partial charge is 0.241 e. The Morgan fingerprint density at radius 3 is 2.56 bits per heavy atom. The summed E-state index contributed by atoms with van der Waals surface area (Å²) in [5, 5.41) is 0.0951. The Hall–Kier alpha value is -2.06. The molecule has 1 saturated heterocycles. The van der Waals surface area contributed by atoms with Gasteiger partial charge in [-0.3, -0.25) is 4.79 Å². The molecule has 0 saturated carbocycles. The number of carbonyl (C=O) groups is 1. The molecule has 4 rings (SSSR count). The van der Waals surface area contributed by atoms with Crippen molar-refractivity contribution in [3.8, 4) is 0 Å². The van der Waals surface area contributed by atoms with Crippen molar-refractivity contribution in [1.82, 2.24) is 9.62 Å². The number of hydrogen-bond donors (Lipinski definition) is 2. The van der Waals surface area contributed by atoms with Gasteiger partial charge in [0.15, 0.2) is 0 Å². The Bertz CT molecular complexity index is 1160. The second-order valence-electron chi connectivity index (χ2n) is 8.95. The summed E-state index contributed by atoms with van der Waals surface area (Å²) >= 11 is 12.1. The zero-order valence-electron chi connectivity index (χ0n) is 18.8. The third-order valence-electron chi connectivity index (χ3n) is 6.64. The average Bonchev–Trinajstić information content (AvgIpc) is 2.84. The molecule has 2 aliphatic rings. The summed E-state index contributed by atoms with van der Waals surface area (Å²) in [5.41, 5.74) is 8.21. The van der Waals surface area contributed by atoms with Crippen LogP contribution in [0.5, 0.6) is 0 Å². The molecule has 34 heavy (non-hydrogen) atoms. The number of sulfonamides is 1. The number of piperidine rings is 1. The second kappa shape index (κ2) is 10.7. The van der Waals surface area contributed by atoms with E-state index in [2.05, 4.69) is 10.8 Å². The maximum Gasteiger partial charge on any atom is 0.241 e. The number of fused-ring (bicyclic) bond motifs is 1. The third kappa shape index (κ3) is 5.77. The minimum Gasteiger partial charge on any atom is -0.396 e. The number of hydrogen-bond acceptors (Lipinski definition) is 4. The number of nitrogens with zero attached hydrogens (tertiary/aromatic N) is 1. The predicted molar refractivity (Wildman–Crippen MR) is 136 cm³/mol. The lowest BCUT2D eigenvalue weighted by Crippen LogP contribution is -2.51. The number of amides is 1. The van der Waals surface area contributed by atoms with Crippen molar-refractivity contribution in [2.45, 2.75) is 49.5 Å². The molecule has 182 valence electrons. The SMILES string of the molecule is Nc1c(Cl)cc(S(=O)(=O)N[C@H](CCc2ccccc2)C(=O)N2CCC3CCCC=C3C2)cc1Cl. The molecule has 1 heterocycles. The number of halogens is 2. The van der Waals surface area contributed by atoms with Crippen molar-refractivity contribution in [2.24, 2.45) is 5.92 Å². The maximum absolute atomic E-state index is 13.6. The quantitative estimate of drug-likeness (QED) is 0.403. The first-order chi connectivity index (χ1) is 16.2. The van der Waals surface area contributed by atoms with Crippen LogP contribution in [0.2, 0.25) is 10.0 Å². The summed E-state index contributed by atoms with van der Waals surface area (Å²) in [4.78, 5) is 15.3. The molecule has 0 aromatic heterocycles. The largest absolute Gasteiger partial charge is 0.396 e. The van der Waals surface area contributed by atoms with Crippen LogP contribution >= 0.6 is 23.2 Å². The number of nitrogens with one attached hydrogen (secondary N) is 1. The van der Waals surface area contributed by atoms with Crippen LogP contribution in [0.1, 0.15) is 37.7 Å². The number of aryl methyl sites for hydroxylation is 1. The maximum atomic E-state index is 13.6. The zero-order chi connectivity index (χ0) is 24.3. The topological polar surface area (TPSA) is 92.5 Å². The summed E-state index contributed by atoms with van der Waals surface area (Å²) in [6.07, 6.45) is 7.44. The van der Waals surface area contributed by atoms with E-state index in [-0.39, 0.29) is 26.5 Å². The molecule has 0 bridgehead atoms. The number of nitrogen functional groups attached to an aromatic ring is 1. The Balaban J connectivity index is 1.57. The molecule has 1 aliphatic heterocycles. The molecule has 1 amide bonds. The summed E-state index contributed by atoms with van der Waals surface area (Å²) < 4.78 is 29.1. The Morgan fingerprint density at radius 2 is 1.85 bits per heavy atom. The summed E-state index contributed by atoms with van der Waals surface area (Å²) in [6, 6.07) is 11.3. The Labute approximate surface area is 211 Å². The number of anilines is 1. The molecular formula is C25H29Cl2N3O3S. The predicted octanol–water partition coefficient (Wildman–Crippen LogP) is 4.81. The van der Waals surface area contributed by atoms with Gasteiger partial charge in [-0.15, -0.1) is 0 Å². The molecule has 6 nitrogen and oxygen atoms in total. The number of nitrogens with two attached hydrogens (primary N) is 1. The van der Waals surface area contributed by atoms with Gasteiger partial charge in [0.05, 0.1) is 20.6 Å². The number of carbonyl (C=O) groups excluding carboxylic acids is 1. The van der Waals surface area contributed by atoms with E-state index in [1.807, 2.05) is 30.3 Å². The van der Waals surface area contributed by atoms with E-state index in [0.717, 1.165) is 24.8 Å². The highest BCUT2D eigenvalue weighted by atomic mass is 35.5. The van der Waals surface area contributed by atoms with Gasteiger partial charge in [-0.2, -0.15) is 4.72 Å². The zero-order valence-corrected chi connectivity index (χ0v) is 21.2. The number of likely N-dealkylation sites (tertiary alicyclic amines) is 1. The first kappa shape index (κ1) is 25.0. The first-order valence-electron chi connectivity index (χ1n) is 11.5. The van der Waals surface area contributed by atoms with E-state index in [0.29, 0.717) is 31.8 Å². The van der Waals surface area contributed by atoms with Crippen molar-refractivity contribution < 1.29 is 13.2 Å². The fourth-order valence-electron chi connectivity index (χ4n) is 4.71. The van der Waals surface area contributed by atoms with Crippen LogP contribution in [0.4, 0.5) is 5.69 Å². The molecule has 2 atom stereocenters. The average molecular weight is 522 g/mol. The second-order valence-corrected chi connectivity index (χ2v) is 11.5. The van der Waals surface area contributed by atoms with Crippen molar-refractivity contribution >= 4 is 44.8 Å². The molecule has 0 spiro atoms. The molecule has 1 unspecified atom stereocenters. The van der Waals surface area contributed by atoms with Crippen molar-refractivity contribution in [3.63, 3.8) is 0 Å². The number of allylic oxidation sites excluding steroid dienone is 1. The highest BCUT2D eigenvalue weighted by molar-refractivity contribution is 7.89. The van der Waals surface area contributed by atoms with Crippen LogP contribution in [-0.4, -0.2) is 38.4 Å². The lowest BCUT2D eigenvalue weighted by molar-refractivity contribution is -0.133. The van der Waals surface area contributed by atoms with Gasteiger partial charge in [0.1, 0.15) is 6.04 Å². The molecule has 9 heteroatoms. The van der Waals surface area contributed by atoms with Gasteiger partial charge in [-0.25, -0.2) is 8.42 Å². The van der Waals surface area contributed by atoms with Gasteiger partial charge < -0.3 is 10.6 Å². The Kier molecular flexibility index (Phi) is 7.87. The third-order valence-corrected chi connectivity index (χ3v) is 8.72. The van der Waals surface area contributed by atoms with Crippen molar-refractivity contribution in [3.05, 3.63) is 69.7 Å². The molecule has 0 radical (unpaired) electrons. The molecular weight excluding hydrogens is 493 g/mol. The summed E-state index contributed by atoms with van der Waals surface area (Å²) in [5.74, 6) is 0.327. The van der Waals surface area contributed by atoms with Gasteiger partial charge in [-0.1, -0.05) is 65.2 Å². The summed E-state index contributed by atoms with van der Waals surface area (Å²) in [7, 11) is -4.07. The minimum atomic E-state index is -4.07. The van der Waals surface area contributed by atoms with E-state index in [1.54, 1.807) is 4.90 Å². The normalized spacial score (nSPS) is 19.3. The summed E-state index contributed by atoms with van der Waals surface area (Å²) in [6.45, 7) is 1.19. The van der Waals surface area contributed by atoms with Gasteiger partial charge in [0, 0.05) is 13.1 Å². The van der Waals surface area contributed by atoms with Crippen LogP contribution in [0.25, 0.3) is 0 Å². The molecule has 3 N–H and O–H groups in total. The molecule has 2 aromatic rings. The number of rotatable bonds is 7. The highest BCUT2D eigenvalue weighted by Crippen LogP contribution is 2.33. The van der Waals surface area contributed by atoms with Crippen molar-refractivity contribution in [2.75, 3.05) is 18.8 Å². The monoisotopic (exact) mass is 521 g/mol.